The van der Waals surface area contributed by atoms with Gasteiger partial charge in [-0.05, 0) is 12.8 Å². The van der Waals surface area contributed by atoms with Crippen molar-refractivity contribution in [3.63, 3.8) is 0 Å². The van der Waals surface area contributed by atoms with E-state index in [1.54, 1.807) is 0 Å². The summed E-state index contributed by atoms with van der Waals surface area (Å²) in [7, 11) is 0. The summed E-state index contributed by atoms with van der Waals surface area (Å²) in [6.07, 6.45) is 24.1. The monoisotopic (exact) mass is 368 g/mol. The Morgan fingerprint density at radius 1 is 0.615 bits per heavy atom. The number of hydrogen-bond donors (Lipinski definition) is 1. The first kappa shape index (κ1) is 25.6. The molecule has 2 heteroatoms. The molecular weight excluding hydrogens is 320 g/mol. The highest BCUT2D eigenvalue weighted by Crippen LogP contribution is 2.14. The maximum atomic E-state index is 11.7. The van der Waals surface area contributed by atoms with E-state index in [1.165, 1.54) is 96.3 Å². The van der Waals surface area contributed by atoms with Gasteiger partial charge in [0.05, 0.1) is 6.10 Å². The molecule has 0 aliphatic rings. The van der Waals surface area contributed by atoms with E-state index in [4.69, 9.17) is 0 Å². The molecule has 0 radical (unpaired) electrons. The molecule has 0 aromatic rings. The van der Waals surface area contributed by atoms with Gasteiger partial charge in [-0.1, -0.05) is 117 Å². The zero-order chi connectivity index (χ0) is 19.3. The highest BCUT2D eigenvalue weighted by Gasteiger charge is 2.09. The van der Waals surface area contributed by atoms with Crippen molar-refractivity contribution in [3.05, 3.63) is 0 Å². The van der Waals surface area contributed by atoms with Gasteiger partial charge in [0.15, 0.2) is 0 Å². The first-order valence-corrected chi connectivity index (χ1v) is 11.9. The van der Waals surface area contributed by atoms with Gasteiger partial charge in [-0.2, -0.15) is 0 Å². The van der Waals surface area contributed by atoms with Crippen molar-refractivity contribution in [2.75, 3.05) is 0 Å². The molecule has 0 aliphatic heterocycles. The minimum absolute atomic E-state index is 0.247. The van der Waals surface area contributed by atoms with Crippen LogP contribution in [0.4, 0.5) is 0 Å². The first-order valence-electron chi connectivity index (χ1n) is 11.9. The van der Waals surface area contributed by atoms with E-state index in [1.807, 2.05) is 6.92 Å². The third-order valence-corrected chi connectivity index (χ3v) is 5.39. The zero-order valence-electron chi connectivity index (χ0n) is 18.1. The number of rotatable bonds is 21. The third kappa shape index (κ3) is 19.9. The number of carbonyl (C=O) groups excluding carboxylic acids is 1. The summed E-state index contributed by atoms with van der Waals surface area (Å²) in [5.41, 5.74) is 0. The third-order valence-electron chi connectivity index (χ3n) is 5.39. The van der Waals surface area contributed by atoms with Crippen molar-refractivity contribution in [2.45, 2.75) is 148 Å². The van der Waals surface area contributed by atoms with Gasteiger partial charge in [-0.3, -0.25) is 4.79 Å². The topological polar surface area (TPSA) is 37.3 Å². The molecule has 0 saturated heterocycles. The van der Waals surface area contributed by atoms with Crippen LogP contribution in [-0.4, -0.2) is 17.0 Å². The van der Waals surface area contributed by atoms with Crippen LogP contribution in [0.3, 0.4) is 0 Å². The average Bonchev–Trinajstić information content (AvgIpc) is 2.61. The summed E-state index contributed by atoms with van der Waals surface area (Å²) in [5, 5.41) is 9.63. The molecule has 0 aliphatic carbocycles. The van der Waals surface area contributed by atoms with Crippen molar-refractivity contribution in [1.82, 2.24) is 0 Å². The Morgan fingerprint density at radius 3 is 1.38 bits per heavy atom. The van der Waals surface area contributed by atoms with E-state index in [0.29, 0.717) is 12.8 Å². The zero-order valence-corrected chi connectivity index (χ0v) is 18.1. The molecule has 1 unspecified atom stereocenters. The molecule has 0 heterocycles. The predicted octanol–water partition coefficient (Wildman–Crippen LogP) is 7.76. The molecular formula is C24H48O2. The van der Waals surface area contributed by atoms with Crippen LogP contribution in [0.1, 0.15) is 142 Å². The van der Waals surface area contributed by atoms with E-state index in [-0.39, 0.29) is 5.78 Å². The average molecular weight is 369 g/mol. The Balaban J connectivity index is 3.14. The maximum absolute atomic E-state index is 11.7. The van der Waals surface area contributed by atoms with E-state index < -0.39 is 6.10 Å². The van der Waals surface area contributed by atoms with Gasteiger partial charge in [-0.25, -0.2) is 0 Å². The Hall–Kier alpha value is -0.370. The van der Waals surface area contributed by atoms with Crippen LogP contribution in [0.5, 0.6) is 0 Å². The highest BCUT2D eigenvalue weighted by molar-refractivity contribution is 5.78. The molecule has 0 spiro atoms. The number of aliphatic hydroxyl groups is 1. The van der Waals surface area contributed by atoms with Crippen LogP contribution < -0.4 is 0 Å². The van der Waals surface area contributed by atoms with Crippen LogP contribution in [-0.2, 0) is 4.79 Å². The molecule has 0 amide bonds. The first-order chi connectivity index (χ1) is 12.7. The fraction of sp³-hybridized carbons (Fsp3) is 0.958. The molecule has 0 aromatic heterocycles. The number of hydrogen-bond acceptors (Lipinski definition) is 2. The number of carbonyl (C=O) groups is 1. The molecule has 156 valence electrons. The van der Waals surface area contributed by atoms with Crippen molar-refractivity contribution in [1.29, 1.82) is 0 Å². The molecule has 26 heavy (non-hydrogen) atoms. The second-order valence-corrected chi connectivity index (χ2v) is 8.24. The van der Waals surface area contributed by atoms with Crippen LogP contribution in [0, 0.1) is 0 Å². The van der Waals surface area contributed by atoms with Gasteiger partial charge < -0.3 is 5.11 Å². The van der Waals surface area contributed by atoms with Gasteiger partial charge in [-0.15, -0.1) is 0 Å². The van der Waals surface area contributed by atoms with Gasteiger partial charge >= 0.3 is 0 Å². The quantitative estimate of drug-likeness (QED) is 0.210. The van der Waals surface area contributed by atoms with Crippen molar-refractivity contribution in [2.24, 2.45) is 0 Å². The molecule has 0 rings (SSSR count). The Bertz CT molecular complexity index is 288. The molecule has 1 atom stereocenters. The summed E-state index contributed by atoms with van der Waals surface area (Å²) in [5.74, 6) is 0.247. The Labute approximate surface area is 164 Å². The number of ketones is 1. The normalized spacial score (nSPS) is 12.4. The van der Waals surface area contributed by atoms with Gasteiger partial charge in [0.2, 0.25) is 0 Å². The van der Waals surface area contributed by atoms with Crippen LogP contribution in [0.15, 0.2) is 0 Å². The summed E-state index contributed by atoms with van der Waals surface area (Å²) < 4.78 is 0. The number of unbranched alkanes of at least 4 members (excludes halogenated alkanes) is 15. The lowest BCUT2D eigenvalue weighted by atomic mass is 10.0. The lowest BCUT2D eigenvalue weighted by Gasteiger charge is -2.07. The largest absolute Gasteiger partial charge is 0.393 e. The molecule has 0 saturated carbocycles. The summed E-state index contributed by atoms with van der Waals surface area (Å²) >= 11 is 0. The Morgan fingerprint density at radius 2 is 1.00 bits per heavy atom. The second kappa shape index (κ2) is 20.9. The summed E-state index contributed by atoms with van der Waals surface area (Å²) in [6, 6.07) is 0. The summed E-state index contributed by atoms with van der Waals surface area (Å²) in [6.45, 7) is 4.33. The van der Waals surface area contributed by atoms with Gasteiger partial charge in [0.1, 0.15) is 5.78 Å². The fourth-order valence-electron chi connectivity index (χ4n) is 3.67. The van der Waals surface area contributed by atoms with Crippen molar-refractivity contribution < 1.29 is 9.90 Å². The molecule has 1 N–H and O–H groups in total. The van der Waals surface area contributed by atoms with Gasteiger partial charge in [0.25, 0.3) is 0 Å². The van der Waals surface area contributed by atoms with E-state index in [9.17, 15) is 9.90 Å². The van der Waals surface area contributed by atoms with Gasteiger partial charge in [0, 0.05) is 12.8 Å². The van der Waals surface area contributed by atoms with E-state index in [2.05, 4.69) is 6.92 Å². The smallest absolute Gasteiger partial charge is 0.135 e. The lowest BCUT2D eigenvalue weighted by Crippen LogP contribution is -2.12. The van der Waals surface area contributed by atoms with E-state index >= 15 is 0 Å². The van der Waals surface area contributed by atoms with Crippen molar-refractivity contribution in [3.8, 4) is 0 Å². The molecule has 0 bridgehead atoms. The summed E-state index contributed by atoms with van der Waals surface area (Å²) in [4.78, 5) is 11.7. The standard InChI is InChI=1S/C24H48O2/c1-3-5-6-7-8-9-10-11-12-13-14-15-16-17-18-19-21-24(26)22-23(25)20-4-2/h23,25H,3-22H2,1-2H3. The predicted molar refractivity (Wildman–Crippen MR) is 115 cm³/mol. The number of Topliss-reactive ketones (excluding diaryl/α,β-unsaturated/α-hetero) is 1. The maximum Gasteiger partial charge on any atom is 0.135 e. The highest BCUT2D eigenvalue weighted by atomic mass is 16.3. The van der Waals surface area contributed by atoms with Crippen LogP contribution in [0.2, 0.25) is 0 Å². The number of aliphatic hydroxyl groups excluding tert-OH is 1. The molecule has 0 fully saturated rings. The minimum atomic E-state index is -0.409. The Kier molecular flexibility index (Phi) is 20.6. The van der Waals surface area contributed by atoms with Crippen molar-refractivity contribution >= 4 is 5.78 Å². The fourth-order valence-corrected chi connectivity index (χ4v) is 3.67. The minimum Gasteiger partial charge on any atom is -0.393 e. The second-order valence-electron chi connectivity index (χ2n) is 8.24. The molecule has 0 aromatic carbocycles. The van der Waals surface area contributed by atoms with Crippen LogP contribution in [0.25, 0.3) is 0 Å². The lowest BCUT2D eigenvalue weighted by molar-refractivity contribution is -0.121. The molecule has 2 nitrogen and oxygen atoms in total. The SMILES string of the molecule is CCCCCCCCCCCCCCCCCCC(=O)CC(O)CCC. The van der Waals surface area contributed by atoms with Crippen LogP contribution >= 0.6 is 0 Å². The van der Waals surface area contributed by atoms with E-state index in [0.717, 1.165) is 19.3 Å².